The Morgan fingerprint density at radius 2 is 1.14 bits per heavy atom. The average molecular weight is 1170 g/mol. The number of unbranched alkanes of at least 4 members (excludes halogenated alkanes) is 1. The highest BCUT2D eigenvalue weighted by Crippen LogP contribution is 2.27. The first-order valence-corrected chi connectivity index (χ1v) is 31.0. The highest BCUT2D eigenvalue weighted by molar-refractivity contribution is 7.10. The zero-order chi connectivity index (χ0) is 59.5. The van der Waals surface area contributed by atoms with Crippen molar-refractivity contribution in [3.63, 3.8) is 0 Å². The summed E-state index contributed by atoms with van der Waals surface area (Å²) in [6, 6.07) is 30.5. The van der Waals surface area contributed by atoms with E-state index < -0.39 is 5.82 Å². The van der Waals surface area contributed by atoms with Crippen molar-refractivity contribution < 1.29 is 22.4 Å². The molecule has 0 N–H and O–H groups in total. The number of hydrogen-bond acceptors (Lipinski definition) is 6. The van der Waals surface area contributed by atoms with Gasteiger partial charge in [-0.05, 0) is 181 Å². The SMILES string of the molecule is CC(C)Cc1cc(F)c(Cl)cc1Cl.CC(C)Cc1ccccc1.CC(C)Cc1cccs1.CC(C)Cc1ncon1.CCCCOc1cccc(F)c1CC(C)C.Cc1ccc(CC(C)C)c(F)c1.Cc1ccsc1CC(C)C. The Kier molecular flexibility index (Phi) is 38.2. The molecule has 0 aliphatic carbocycles. The molecular weight excluding hydrogens is 1070 g/mol. The minimum Gasteiger partial charge on any atom is -0.493 e. The third-order valence-electron chi connectivity index (χ3n) is 11.2. The Labute approximate surface area is 495 Å². The van der Waals surface area contributed by atoms with Crippen molar-refractivity contribution in [2.24, 2.45) is 41.4 Å². The first kappa shape index (κ1) is 72.6. The van der Waals surface area contributed by atoms with E-state index in [9.17, 15) is 13.2 Å². The molecule has 0 unspecified atom stereocenters. The van der Waals surface area contributed by atoms with Gasteiger partial charge in [0.05, 0.1) is 11.6 Å². The summed E-state index contributed by atoms with van der Waals surface area (Å²) < 4.78 is 50.0. The van der Waals surface area contributed by atoms with Gasteiger partial charge in [0.1, 0.15) is 23.2 Å². The van der Waals surface area contributed by atoms with Crippen LogP contribution in [0.1, 0.15) is 166 Å². The number of nitrogens with zero attached hydrogens (tertiary/aromatic N) is 2. The number of aromatic nitrogens is 2. The third-order valence-corrected chi connectivity index (χ3v) is 13.8. The zero-order valence-electron chi connectivity index (χ0n) is 51.0. The summed E-state index contributed by atoms with van der Waals surface area (Å²) in [5.41, 5.74) is 6.25. The Morgan fingerprint density at radius 3 is 1.65 bits per heavy atom. The van der Waals surface area contributed by atoms with E-state index in [-0.39, 0.29) is 16.7 Å². The smallest absolute Gasteiger partial charge is 0.213 e. The van der Waals surface area contributed by atoms with Crippen molar-refractivity contribution in [1.82, 2.24) is 10.1 Å². The summed E-state index contributed by atoms with van der Waals surface area (Å²) in [7, 11) is 0. The van der Waals surface area contributed by atoms with E-state index in [1.54, 1.807) is 17.0 Å². The van der Waals surface area contributed by atoms with Gasteiger partial charge in [-0.2, -0.15) is 4.98 Å². The molecule has 0 aliphatic rings. The van der Waals surface area contributed by atoms with Gasteiger partial charge in [0, 0.05) is 26.8 Å². The normalized spacial score (nSPS) is 10.7. The van der Waals surface area contributed by atoms with E-state index in [2.05, 4.69) is 185 Å². The van der Waals surface area contributed by atoms with E-state index in [1.165, 1.54) is 59.9 Å². The van der Waals surface area contributed by atoms with Crippen LogP contribution in [0, 0.1) is 72.7 Å². The van der Waals surface area contributed by atoms with Gasteiger partial charge in [0.25, 0.3) is 0 Å². The van der Waals surface area contributed by atoms with Crippen LogP contribution in [0.2, 0.25) is 10.0 Å². The molecule has 0 saturated carbocycles. The Morgan fingerprint density at radius 1 is 0.532 bits per heavy atom. The predicted molar refractivity (Wildman–Crippen MR) is 338 cm³/mol. The van der Waals surface area contributed by atoms with Gasteiger partial charge in [-0.1, -0.05) is 193 Å². The highest BCUT2D eigenvalue weighted by atomic mass is 35.5. The topological polar surface area (TPSA) is 48.2 Å². The lowest BCUT2D eigenvalue weighted by atomic mass is 10.0. The number of halogens is 5. The monoisotopic (exact) mass is 1160 g/mol. The van der Waals surface area contributed by atoms with Gasteiger partial charge in [-0.15, -0.1) is 22.7 Å². The number of hydrogen-bond donors (Lipinski definition) is 0. The van der Waals surface area contributed by atoms with Crippen molar-refractivity contribution in [3.8, 4) is 5.75 Å². The molecule has 0 radical (unpaired) electrons. The molecule has 79 heavy (non-hydrogen) atoms. The summed E-state index contributed by atoms with van der Waals surface area (Å²) in [5, 5.41) is 8.60. The van der Waals surface area contributed by atoms with Gasteiger partial charge < -0.3 is 9.26 Å². The fourth-order valence-electron chi connectivity index (χ4n) is 7.57. The summed E-state index contributed by atoms with van der Waals surface area (Å²) in [6.07, 6.45) is 10.4. The molecule has 3 heterocycles. The molecule has 0 amide bonds. The Hall–Kier alpha value is -4.41. The van der Waals surface area contributed by atoms with E-state index in [4.69, 9.17) is 27.9 Å². The van der Waals surface area contributed by atoms with Crippen molar-refractivity contribution in [1.29, 1.82) is 0 Å². The Balaban J connectivity index is 0.000000465. The zero-order valence-corrected chi connectivity index (χ0v) is 54.1. The molecule has 0 bridgehead atoms. The molecule has 0 spiro atoms. The predicted octanol–water partition coefficient (Wildman–Crippen LogP) is 22.2. The fourth-order valence-corrected chi connectivity index (χ4v) is 10.1. The van der Waals surface area contributed by atoms with Crippen LogP contribution >= 0.6 is 45.9 Å². The van der Waals surface area contributed by atoms with Gasteiger partial charge in [-0.25, -0.2) is 13.2 Å². The summed E-state index contributed by atoms with van der Waals surface area (Å²) in [4.78, 5) is 6.93. The second-order valence-electron chi connectivity index (χ2n) is 23.0. The maximum atomic E-state index is 13.6. The summed E-state index contributed by atoms with van der Waals surface area (Å²) in [5.74, 6) is 5.25. The van der Waals surface area contributed by atoms with Crippen molar-refractivity contribution in [2.75, 3.05) is 6.61 Å². The van der Waals surface area contributed by atoms with E-state index in [1.807, 2.05) is 47.8 Å². The van der Waals surface area contributed by atoms with Crippen LogP contribution < -0.4 is 4.74 Å². The molecule has 0 fully saturated rings. The number of benzene rings is 4. The lowest BCUT2D eigenvalue weighted by Gasteiger charge is -2.13. The van der Waals surface area contributed by atoms with E-state index >= 15 is 0 Å². The average Bonchev–Trinajstić information content (AvgIpc) is 4.16. The van der Waals surface area contributed by atoms with Crippen LogP contribution in [-0.4, -0.2) is 16.7 Å². The van der Waals surface area contributed by atoms with Crippen LogP contribution in [0.15, 0.2) is 119 Å². The van der Waals surface area contributed by atoms with Crippen LogP contribution in [0.5, 0.6) is 5.75 Å². The highest BCUT2D eigenvalue weighted by Gasteiger charge is 2.12. The molecular formula is C68H97Cl2F3N2O2S2. The maximum Gasteiger partial charge on any atom is 0.213 e. The first-order chi connectivity index (χ1) is 37.3. The summed E-state index contributed by atoms with van der Waals surface area (Å²) >= 11 is 15.2. The third kappa shape index (κ3) is 35.1. The molecule has 4 aromatic carbocycles. The lowest BCUT2D eigenvalue weighted by molar-refractivity contribution is 0.302. The van der Waals surface area contributed by atoms with Crippen LogP contribution in [0.4, 0.5) is 13.2 Å². The second kappa shape index (κ2) is 41.6. The minimum atomic E-state index is -0.401. The number of thiophene rings is 2. The number of aryl methyl sites for hydroxylation is 2. The maximum absolute atomic E-state index is 13.6. The summed E-state index contributed by atoms with van der Waals surface area (Å²) in [6.45, 7) is 37.1. The number of ether oxygens (including phenoxy) is 1. The van der Waals surface area contributed by atoms with Gasteiger partial charge >= 0.3 is 0 Å². The van der Waals surface area contributed by atoms with Gasteiger partial charge in [0.15, 0.2) is 5.82 Å². The molecule has 438 valence electrons. The molecule has 4 nitrogen and oxygen atoms in total. The number of rotatable bonds is 18. The lowest BCUT2D eigenvalue weighted by Crippen LogP contribution is -2.04. The molecule has 7 rings (SSSR count). The standard InChI is InChI=1S/C14H21FO.C11H15F.C10H11Cl2F.C10H14.C9H14S.C8H12S.C6H10N2O/c1-4-5-9-16-14-8-6-7-13(15)12(14)10-11(2)3;1-8(2)6-10-5-4-9(3)7-11(10)12;1-6(2)3-7-4-10(13)9(12)5-8(7)11;1-9(2)8-10-6-4-3-5-7-10;1-7(2)6-9-8(3)4-5-10-9;1-7(2)6-8-4-3-5-9-8;1-5(2)3-6-7-4-9-8-6/h6-8,11H,4-5,9-10H2,1-3H3;4-5,7-8H,6H2,1-3H3;4-6H,3H2,1-2H3;3-7,9H,8H2,1-2H3;4-5,7H,6H2,1-3H3;3-5,7H,6H2,1-2H3;4-5H,3H2,1-2H3. The van der Waals surface area contributed by atoms with E-state index in [0.717, 1.165) is 78.8 Å². The minimum absolute atomic E-state index is 0.0660. The van der Waals surface area contributed by atoms with Gasteiger partial charge in [-0.3, -0.25) is 0 Å². The molecule has 11 heteroatoms. The van der Waals surface area contributed by atoms with E-state index in [0.29, 0.717) is 46.6 Å². The van der Waals surface area contributed by atoms with Crippen LogP contribution in [-0.2, 0) is 44.9 Å². The molecule has 0 saturated heterocycles. The van der Waals surface area contributed by atoms with Crippen LogP contribution in [0.25, 0.3) is 0 Å². The largest absolute Gasteiger partial charge is 0.493 e. The van der Waals surface area contributed by atoms with Crippen LogP contribution in [0.3, 0.4) is 0 Å². The fraction of sp³-hybridized carbons (Fsp3) is 0.500. The quantitative estimate of drug-likeness (QED) is 0.0635. The first-order valence-electron chi connectivity index (χ1n) is 28.4. The Bertz CT molecular complexity index is 2550. The van der Waals surface area contributed by atoms with Crippen molar-refractivity contribution in [3.05, 3.63) is 191 Å². The molecule has 0 atom stereocenters. The van der Waals surface area contributed by atoms with Gasteiger partial charge in [0.2, 0.25) is 6.39 Å². The molecule has 7 aromatic rings. The molecule has 0 aliphatic heterocycles. The van der Waals surface area contributed by atoms with Crippen molar-refractivity contribution in [2.45, 2.75) is 175 Å². The van der Waals surface area contributed by atoms with Crippen molar-refractivity contribution >= 4 is 45.9 Å². The second-order valence-corrected chi connectivity index (χ2v) is 25.8. The molecule has 3 aromatic heterocycles.